The van der Waals surface area contributed by atoms with Gasteiger partial charge in [0.05, 0.1) is 0 Å². The Hall–Kier alpha value is -2.66. The van der Waals surface area contributed by atoms with E-state index in [1.54, 1.807) is 18.2 Å². The van der Waals surface area contributed by atoms with E-state index in [9.17, 15) is 4.79 Å². The molecule has 2 aromatic carbocycles. The molecule has 1 heterocycles. The number of halogens is 1. The van der Waals surface area contributed by atoms with E-state index >= 15 is 0 Å². The van der Waals surface area contributed by atoms with Crippen LogP contribution in [0.15, 0.2) is 52.9 Å². The Bertz CT molecular complexity index is 843. The quantitative estimate of drug-likeness (QED) is 0.768. The molecule has 0 spiro atoms. The summed E-state index contributed by atoms with van der Waals surface area (Å²) in [7, 11) is 0. The third-order valence-electron chi connectivity index (χ3n) is 3.57. The minimum atomic E-state index is -0.106. The average molecular weight is 342 g/mol. The van der Waals surface area contributed by atoms with Crippen molar-refractivity contribution >= 4 is 17.5 Å². The maximum Gasteiger partial charge on any atom is 0.251 e. The van der Waals surface area contributed by atoms with Gasteiger partial charge in [0.15, 0.2) is 0 Å². The number of benzene rings is 2. The van der Waals surface area contributed by atoms with Gasteiger partial charge in [-0.2, -0.15) is 0 Å². The van der Waals surface area contributed by atoms with Gasteiger partial charge in [-0.25, -0.2) is 0 Å². The molecule has 0 aliphatic rings. The Balaban J connectivity index is 1.57. The molecule has 0 atom stereocenters. The van der Waals surface area contributed by atoms with Gasteiger partial charge in [0, 0.05) is 29.1 Å². The van der Waals surface area contributed by atoms with Crippen molar-refractivity contribution in [2.24, 2.45) is 0 Å². The number of carbonyl (C=O) groups excluding carboxylic acids is 1. The van der Waals surface area contributed by atoms with Gasteiger partial charge in [0.2, 0.25) is 11.8 Å². The molecule has 0 saturated carbocycles. The smallest absolute Gasteiger partial charge is 0.251 e. The maximum atomic E-state index is 12.1. The maximum absolute atomic E-state index is 12.1. The topological polar surface area (TPSA) is 68.0 Å². The number of carbonyl (C=O) groups is 1. The molecular weight excluding hydrogens is 326 g/mol. The molecule has 0 aliphatic heterocycles. The normalized spacial score (nSPS) is 10.6. The first-order valence-corrected chi connectivity index (χ1v) is 7.93. The molecule has 3 rings (SSSR count). The van der Waals surface area contributed by atoms with Crippen LogP contribution in [0.3, 0.4) is 0 Å². The van der Waals surface area contributed by atoms with Crippen LogP contribution in [0.1, 0.15) is 21.8 Å². The first kappa shape index (κ1) is 16.2. The molecule has 0 aliphatic carbocycles. The molecule has 0 radical (unpaired) electrons. The number of nitrogens with zero attached hydrogens (tertiary/aromatic N) is 2. The van der Waals surface area contributed by atoms with Gasteiger partial charge in [0.25, 0.3) is 5.91 Å². The molecule has 0 fully saturated rings. The van der Waals surface area contributed by atoms with Gasteiger partial charge in [-0.05, 0) is 42.8 Å². The van der Waals surface area contributed by atoms with Crippen LogP contribution in [0.4, 0.5) is 0 Å². The van der Waals surface area contributed by atoms with E-state index in [4.69, 9.17) is 16.0 Å². The van der Waals surface area contributed by atoms with Crippen LogP contribution in [0.2, 0.25) is 5.02 Å². The molecular formula is C18H16ClN3O2. The zero-order chi connectivity index (χ0) is 16.9. The lowest BCUT2D eigenvalue weighted by molar-refractivity contribution is 0.0953. The average Bonchev–Trinajstić information content (AvgIpc) is 3.04. The Labute approximate surface area is 144 Å². The van der Waals surface area contributed by atoms with E-state index in [1.807, 2.05) is 37.3 Å². The molecule has 122 valence electrons. The number of amides is 1. The molecule has 6 heteroatoms. The minimum Gasteiger partial charge on any atom is -0.421 e. The Morgan fingerprint density at radius 1 is 1.12 bits per heavy atom. The molecule has 0 saturated heterocycles. The van der Waals surface area contributed by atoms with Crippen molar-refractivity contribution in [1.29, 1.82) is 0 Å². The fourth-order valence-electron chi connectivity index (χ4n) is 2.27. The lowest BCUT2D eigenvalue weighted by atomic mass is 10.1. The molecule has 5 nitrogen and oxygen atoms in total. The monoisotopic (exact) mass is 341 g/mol. The highest BCUT2D eigenvalue weighted by Gasteiger charge is 2.10. The standard InChI is InChI=1S/C18H16ClN3O2/c1-12-4-2-3-5-15(12)17(23)20-11-10-16-21-22-18(24-16)13-6-8-14(19)9-7-13/h2-9H,10-11H2,1H3,(H,20,23). The number of nitrogens with one attached hydrogen (secondary N) is 1. The highest BCUT2D eigenvalue weighted by atomic mass is 35.5. The Morgan fingerprint density at radius 2 is 1.88 bits per heavy atom. The second-order valence-electron chi connectivity index (χ2n) is 5.33. The van der Waals surface area contributed by atoms with Gasteiger partial charge in [-0.15, -0.1) is 10.2 Å². The fourth-order valence-corrected chi connectivity index (χ4v) is 2.40. The van der Waals surface area contributed by atoms with Crippen LogP contribution in [0.5, 0.6) is 0 Å². The van der Waals surface area contributed by atoms with Crippen molar-refractivity contribution in [3.05, 3.63) is 70.6 Å². The second kappa shape index (κ2) is 7.27. The third-order valence-corrected chi connectivity index (χ3v) is 3.82. The third kappa shape index (κ3) is 3.81. The first-order valence-electron chi connectivity index (χ1n) is 7.55. The van der Waals surface area contributed by atoms with Gasteiger partial charge >= 0.3 is 0 Å². The van der Waals surface area contributed by atoms with E-state index in [-0.39, 0.29) is 5.91 Å². The predicted octanol–water partition coefficient (Wildman–Crippen LogP) is 3.67. The summed E-state index contributed by atoms with van der Waals surface area (Å²) in [5.74, 6) is 0.808. The van der Waals surface area contributed by atoms with Crippen LogP contribution in [-0.4, -0.2) is 22.6 Å². The van der Waals surface area contributed by atoms with Gasteiger partial charge in [-0.1, -0.05) is 29.8 Å². The number of hydrogen-bond acceptors (Lipinski definition) is 4. The summed E-state index contributed by atoms with van der Waals surface area (Å²) in [5, 5.41) is 11.5. The molecule has 1 amide bonds. The summed E-state index contributed by atoms with van der Waals surface area (Å²) in [6.45, 7) is 2.33. The van der Waals surface area contributed by atoms with Crippen LogP contribution >= 0.6 is 11.6 Å². The van der Waals surface area contributed by atoms with Crippen molar-refractivity contribution in [3.8, 4) is 11.5 Å². The predicted molar refractivity (Wildman–Crippen MR) is 92.0 cm³/mol. The van der Waals surface area contributed by atoms with Gasteiger partial charge in [-0.3, -0.25) is 4.79 Å². The lowest BCUT2D eigenvalue weighted by Gasteiger charge is -2.06. The molecule has 3 aromatic rings. The van der Waals surface area contributed by atoms with E-state index in [2.05, 4.69) is 15.5 Å². The number of hydrogen-bond donors (Lipinski definition) is 1. The van der Waals surface area contributed by atoms with Crippen LogP contribution in [-0.2, 0) is 6.42 Å². The van der Waals surface area contributed by atoms with Crippen molar-refractivity contribution in [2.75, 3.05) is 6.54 Å². The summed E-state index contributed by atoms with van der Waals surface area (Å²) < 4.78 is 5.60. The van der Waals surface area contributed by atoms with Gasteiger partial charge in [0.1, 0.15) is 0 Å². The van der Waals surface area contributed by atoms with Crippen molar-refractivity contribution in [2.45, 2.75) is 13.3 Å². The summed E-state index contributed by atoms with van der Waals surface area (Å²) in [4.78, 5) is 12.1. The van der Waals surface area contributed by atoms with Gasteiger partial charge < -0.3 is 9.73 Å². The van der Waals surface area contributed by atoms with E-state index in [1.165, 1.54) is 0 Å². The number of aromatic nitrogens is 2. The zero-order valence-electron chi connectivity index (χ0n) is 13.1. The highest BCUT2D eigenvalue weighted by molar-refractivity contribution is 6.30. The number of aryl methyl sites for hydroxylation is 1. The molecule has 24 heavy (non-hydrogen) atoms. The van der Waals surface area contributed by atoms with Crippen LogP contribution < -0.4 is 5.32 Å². The Morgan fingerprint density at radius 3 is 2.62 bits per heavy atom. The number of rotatable bonds is 5. The zero-order valence-corrected chi connectivity index (χ0v) is 13.9. The highest BCUT2D eigenvalue weighted by Crippen LogP contribution is 2.20. The first-order chi connectivity index (χ1) is 11.6. The molecule has 0 bridgehead atoms. The lowest BCUT2D eigenvalue weighted by Crippen LogP contribution is -2.26. The second-order valence-corrected chi connectivity index (χ2v) is 5.77. The summed E-state index contributed by atoms with van der Waals surface area (Å²) in [6, 6.07) is 14.6. The van der Waals surface area contributed by atoms with Crippen LogP contribution in [0.25, 0.3) is 11.5 Å². The molecule has 1 N–H and O–H groups in total. The van der Waals surface area contributed by atoms with E-state index in [0.717, 1.165) is 11.1 Å². The van der Waals surface area contributed by atoms with E-state index in [0.29, 0.717) is 35.3 Å². The molecule has 1 aromatic heterocycles. The van der Waals surface area contributed by atoms with Crippen LogP contribution in [0, 0.1) is 6.92 Å². The van der Waals surface area contributed by atoms with Crippen molar-refractivity contribution in [3.63, 3.8) is 0 Å². The summed E-state index contributed by atoms with van der Waals surface area (Å²) in [6.07, 6.45) is 0.470. The summed E-state index contributed by atoms with van der Waals surface area (Å²) in [5.41, 5.74) is 2.42. The SMILES string of the molecule is Cc1ccccc1C(=O)NCCc1nnc(-c2ccc(Cl)cc2)o1. The van der Waals surface area contributed by atoms with E-state index < -0.39 is 0 Å². The fraction of sp³-hybridized carbons (Fsp3) is 0.167. The largest absolute Gasteiger partial charge is 0.421 e. The van der Waals surface area contributed by atoms with Crippen molar-refractivity contribution < 1.29 is 9.21 Å². The molecule has 0 unspecified atom stereocenters. The summed E-state index contributed by atoms with van der Waals surface area (Å²) >= 11 is 5.86. The Kier molecular flexibility index (Phi) is 4.91. The minimum absolute atomic E-state index is 0.106. The van der Waals surface area contributed by atoms with Crippen molar-refractivity contribution in [1.82, 2.24) is 15.5 Å².